The molecule has 0 spiro atoms. The number of carbonyl (C=O) groups excluding carboxylic acids is 2. The van der Waals surface area contributed by atoms with Gasteiger partial charge in [0.2, 0.25) is 0 Å². The van der Waals surface area contributed by atoms with Crippen LogP contribution in [0.3, 0.4) is 0 Å². The molecule has 0 saturated carbocycles. The fraction of sp³-hybridized carbons (Fsp3) is 0.200. The standard InChI is InChI=1S/2C4H4O4.C4H2O3.C2H6.CH4/c2*5-3(6)1-2-4(7)8;5-3-1-2-4(6)7-3;1-2;/h2*1-2H,(H,5,6)(H,7,8);1-2H;1-2H3;1H4/b2-1+;2-1-;;;. The number of hydrogen-bond donors (Lipinski definition) is 4. The van der Waals surface area contributed by atoms with Crippen molar-refractivity contribution >= 4 is 35.8 Å². The minimum Gasteiger partial charge on any atom is -0.478 e. The third-order valence-electron chi connectivity index (χ3n) is 1.29. The second kappa shape index (κ2) is 19.3. The zero-order valence-electron chi connectivity index (χ0n) is 13.1. The summed E-state index contributed by atoms with van der Waals surface area (Å²) in [6.45, 7) is 4.00. The highest BCUT2D eigenvalue weighted by Crippen LogP contribution is 1.92. The Morgan fingerprint density at radius 2 is 0.885 bits per heavy atom. The van der Waals surface area contributed by atoms with E-state index < -0.39 is 35.8 Å². The van der Waals surface area contributed by atoms with Gasteiger partial charge in [-0.15, -0.1) is 0 Å². The fourth-order valence-electron chi connectivity index (χ4n) is 0.588. The Labute approximate surface area is 148 Å². The van der Waals surface area contributed by atoms with Crippen molar-refractivity contribution in [2.45, 2.75) is 21.3 Å². The molecule has 0 aromatic rings. The third-order valence-corrected chi connectivity index (χ3v) is 1.29. The molecule has 0 bridgehead atoms. The molecule has 0 fully saturated rings. The van der Waals surface area contributed by atoms with Crippen molar-refractivity contribution in [2.75, 3.05) is 0 Å². The molecule has 11 nitrogen and oxygen atoms in total. The molecule has 0 aromatic carbocycles. The van der Waals surface area contributed by atoms with E-state index in [9.17, 15) is 28.8 Å². The molecule has 11 heteroatoms. The van der Waals surface area contributed by atoms with Crippen LogP contribution >= 0.6 is 0 Å². The molecule has 0 aliphatic carbocycles. The number of aliphatic carboxylic acids is 4. The minimum atomic E-state index is -1.26. The second-order valence-corrected chi connectivity index (χ2v) is 3.09. The first-order valence-corrected chi connectivity index (χ1v) is 6.26. The SMILES string of the molecule is C.CC.O=C(O)/C=C/C(=O)O.O=C(O)/C=C\C(=O)O.O=C1C=CC(=O)O1. The van der Waals surface area contributed by atoms with E-state index in [4.69, 9.17) is 20.4 Å². The van der Waals surface area contributed by atoms with Crippen molar-refractivity contribution in [3.8, 4) is 0 Å². The van der Waals surface area contributed by atoms with Crippen LogP contribution in [0.4, 0.5) is 0 Å². The molecule has 26 heavy (non-hydrogen) atoms. The second-order valence-electron chi connectivity index (χ2n) is 3.09. The lowest BCUT2D eigenvalue weighted by atomic mass is 10.5. The molecular formula is C15H20O11. The number of carboxylic acids is 4. The number of ether oxygens (including phenoxy) is 1. The van der Waals surface area contributed by atoms with E-state index >= 15 is 0 Å². The lowest BCUT2D eigenvalue weighted by Gasteiger charge is -1.80. The molecule has 0 aromatic heterocycles. The monoisotopic (exact) mass is 376 g/mol. The highest BCUT2D eigenvalue weighted by Gasteiger charge is 2.10. The van der Waals surface area contributed by atoms with Gasteiger partial charge in [0.1, 0.15) is 0 Å². The van der Waals surface area contributed by atoms with Crippen molar-refractivity contribution < 1.29 is 53.9 Å². The summed E-state index contributed by atoms with van der Waals surface area (Å²) in [6, 6.07) is 0. The lowest BCUT2D eigenvalue weighted by molar-refractivity contribution is -0.150. The van der Waals surface area contributed by atoms with E-state index in [2.05, 4.69) is 4.74 Å². The van der Waals surface area contributed by atoms with Gasteiger partial charge in [0.15, 0.2) is 0 Å². The molecule has 1 rings (SSSR count). The maximum atomic E-state index is 9.92. The van der Waals surface area contributed by atoms with Gasteiger partial charge in [-0.05, 0) is 0 Å². The lowest BCUT2D eigenvalue weighted by Crippen LogP contribution is -1.96. The Morgan fingerprint density at radius 3 is 0.962 bits per heavy atom. The van der Waals surface area contributed by atoms with Crippen molar-refractivity contribution in [1.29, 1.82) is 0 Å². The molecule has 0 radical (unpaired) electrons. The van der Waals surface area contributed by atoms with Crippen molar-refractivity contribution in [2.24, 2.45) is 0 Å². The van der Waals surface area contributed by atoms with E-state index in [0.29, 0.717) is 24.3 Å². The fourth-order valence-corrected chi connectivity index (χ4v) is 0.588. The molecule has 146 valence electrons. The summed E-state index contributed by atoms with van der Waals surface area (Å²) < 4.78 is 3.97. The summed E-state index contributed by atoms with van der Waals surface area (Å²) in [6.07, 6.45) is 4.40. The summed E-state index contributed by atoms with van der Waals surface area (Å²) in [4.78, 5) is 58.1. The van der Waals surface area contributed by atoms with E-state index in [1.807, 2.05) is 13.8 Å². The first-order valence-electron chi connectivity index (χ1n) is 6.26. The Morgan fingerprint density at radius 1 is 0.692 bits per heavy atom. The van der Waals surface area contributed by atoms with Crippen molar-refractivity contribution in [1.82, 2.24) is 0 Å². The predicted molar refractivity (Wildman–Crippen MR) is 87.1 cm³/mol. The summed E-state index contributed by atoms with van der Waals surface area (Å²) in [5.41, 5.74) is 0. The number of hydrogen-bond acceptors (Lipinski definition) is 7. The summed E-state index contributed by atoms with van der Waals surface area (Å²) in [7, 11) is 0. The minimum absolute atomic E-state index is 0. The van der Waals surface area contributed by atoms with Gasteiger partial charge in [-0.2, -0.15) is 0 Å². The normalized spacial score (nSPS) is 10.8. The van der Waals surface area contributed by atoms with E-state index in [1.165, 1.54) is 0 Å². The van der Waals surface area contributed by atoms with Gasteiger partial charge >= 0.3 is 35.8 Å². The maximum Gasteiger partial charge on any atom is 0.338 e. The Hall–Kier alpha value is -3.76. The first-order chi connectivity index (χ1) is 11.5. The maximum absolute atomic E-state index is 9.92. The van der Waals surface area contributed by atoms with Crippen LogP contribution in [0, 0.1) is 0 Å². The smallest absolute Gasteiger partial charge is 0.338 e. The van der Waals surface area contributed by atoms with Crippen LogP contribution in [-0.4, -0.2) is 56.2 Å². The molecule has 0 amide bonds. The van der Waals surface area contributed by atoms with Crippen LogP contribution in [0.5, 0.6) is 0 Å². The van der Waals surface area contributed by atoms with Crippen molar-refractivity contribution in [3.63, 3.8) is 0 Å². The highest BCUT2D eigenvalue weighted by atomic mass is 16.6. The van der Waals surface area contributed by atoms with Crippen LogP contribution in [0.2, 0.25) is 0 Å². The summed E-state index contributed by atoms with van der Waals surface area (Å²) >= 11 is 0. The summed E-state index contributed by atoms with van der Waals surface area (Å²) in [5, 5.41) is 31.2. The Bertz CT molecular complexity index is 500. The molecule has 1 aliphatic heterocycles. The van der Waals surface area contributed by atoms with Crippen LogP contribution in [0.25, 0.3) is 0 Å². The zero-order chi connectivity index (χ0) is 20.4. The number of esters is 2. The van der Waals surface area contributed by atoms with Gasteiger partial charge in [0.25, 0.3) is 0 Å². The Kier molecular flexibility index (Phi) is 22.4. The Balaban J connectivity index is -0.000000131. The molecule has 0 saturated heterocycles. The van der Waals surface area contributed by atoms with Gasteiger partial charge in [-0.3, -0.25) is 0 Å². The number of rotatable bonds is 4. The van der Waals surface area contributed by atoms with E-state index in [-0.39, 0.29) is 7.43 Å². The first kappa shape index (κ1) is 30.2. The van der Waals surface area contributed by atoms with Crippen LogP contribution < -0.4 is 0 Å². The van der Waals surface area contributed by atoms with Crippen LogP contribution in [0.15, 0.2) is 36.5 Å². The zero-order valence-corrected chi connectivity index (χ0v) is 13.1. The molecular weight excluding hydrogens is 356 g/mol. The number of cyclic esters (lactones) is 2. The molecule has 0 atom stereocenters. The van der Waals surface area contributed by atoms with E-state index in [0.717, 1.165) is 12.2 Å². The molecule has 0 unspecified atom stereocenters. The molecule has 1 aliphatic rings. The predicted octanol–water partition coefficient (Wildman–Crippen LogP) is 0.712. The third kappa shape index (κ3) is 32.3. The largest absolute Gasteiger partial charge is 0.478 e. The average Bonchev–Trinajstić information content (AvgIpc) is 2.90. The average molecular weight is 376 g/mol. The van der Waals surface area contributed by atoms with Gasteiger partial charge in [0, 0.05) is 36.5 Å². The quantitative estimate of drug-likeness (QED) is 0.307. The van der Waals surface area contributed by atoms with Gasteiger partial charge in [-0.1, -0.05) is 21.3 Å². The van der Waals surface area contributed by atoms with Crippen molar-refractivity contribution in [3.05, 3.63) is 36.5 Å². The topological polar surface area (TPSA) is 193 Å². The highest BCUT2D eigenvalue weighted by molar-refractivity contribution is 6.04. The number of carboxylic acid groups (broad SMARTS) is 4. The molecule has 4 N–H and O–H groups in total. The number of carbonyl (C=O) groups is 6. The van der Waals surface area contributed by atoms with Crippen LogP contribution in [-0.2, 0) is 33.5 Å². The summed E-state index contributed by atoms with van der Waals surface area (Å²) in [5.74, 6) is -6.19. The van der Waals surface area contributed by atoms with Crippen LogP contribution in [0.1, 0.15) is 21.3 Å². The van der Waals surface area contributed by atoms with Gasteiger partial charge in [-0.25, -0.2) is 28.8 Å². The van der Waals surface area contributed by atoms with Gasteiger partial charge in [0.05, 0.1) is 0 Å². The van der Waals surface area contributed by atoms with E-state index in [1.54, 1.807) is 0 Å². The van der Waals surface area contributed by atoms with Gasteiger partial charge < -0.3 is 25.2 Å². The molecule has 1 heterocycles.